The molecule has 1 heterocycles. The molecule has 2 unspecified atom stereocenters. The molecule has 0 amide bonds. The summed E-state index contributed by atoms with van der Waals surface area (Å²) in [6, 6.07) is 0. The second kappa shape index (κ2) is 14.0. The minimum absolute atomic E-state index is 0.0607. The Kier molecular flexibility index (Phi) is 11.8. The van der Waals surface area contributed by atoms with Crippen LogP contribution in [0.5, 0.6) is 0 Å². The average molecular weight is 358 g/mol. The maximum atomic E-state index is 10.4. The summed E-state index contributed by atoms with van der Waals surface area (Å²) >= 11 is 0. The molecular weight excluding hydrogens is 328 g/mol. The molecule has 1 rings (SSSR count). The number of carboxylic acids is 1. The van der Waals surface area contributed by atoms with Crippen molar-refractivity contribution in [3.05, 3.63) is 72.9 Å². The first-order valence-corrected chi connectivity index (χ1v) is 9.17. The maximum absolute atomic E-state index is 10.4. The molecule has 0 aromatic heterocycles. The minimum Gasteiger partial charge on any atom is -0.481 e. The molecule has 1 fully saturated rings. The highest BCUT2D eigenvalue weighted by Gasteiger charge is 2.35. The fourth-order valence-corrected chi connectivity index (χ4v) is 2.19. The third-order valence-electron chi connectivity index (χ3n) is 3.67. The van der Waals surface area contributed by atoms with Crippen molar-refractivity contribution in [3.8, 4) is 0 Å². The van der Waals surface area contributed by atoms with Crippen LogP contribution in [0.4, 0.5) is 0 Å². The molecule has 0 aromatic carbocycles. The average Bonchev–Trinajstić information content (AvgIpc) is 3.36. The molecule has 1 saturated heterocycles. The quantitative estimate of drug-likeness (QED) is 0.289. The first-order valence-electron chi connectivity index (χ1n) is 9.17. The van der Waals surface area contributed by atoms with Crippen LogP contribution in [-0.4, -0.2) is 34.5 Å². The summed E-state index contributed by atoms with van der Waals surface area (Å²) in [6.07, 6.45) is 26.3. The van der Waals surface area contributed by atoms with E-state index in [9.17, 15) is 9.90 Å². The molecule has 1 aliphatic rings. The molecule has 3 atom stereocenters. The molecular formula is C22H30O4. The normalized spacial score (nSPS) is 22.1. The Labute approximate surface area is 156 Å². The monoisotopic (exact) mass is 358 g/mol. The Balaban J connectivity index is 2.08. The van der Waals surface area contributed by atoms with E-state index in [4.69, 9.17) is 9.84 Å². The topological polar surface area (TPSA) is 70.1 Å². The van der Waals surface area contributed by atoms with E-state index in [0.717, 1.165) is 12.8 Å². The van der Waals surface area contributed by atoms with E-state index < -0.39 is 12.1 Å². The van der Waals surface area contributed by atoms with E-state index in [1.807, 2.05) is 60.8 Å². The molecule has 0 aliphatic carbocycles. The van der Waals surface area contributed by atoms with Crippen LogP contribution >= 0.6 is 0 Å². The second-order valence-electron chi connectivity index (χ2n) is 6.00. The Morgan fingerprint density at radius 3 is 2.50 bits per heavy atom. The van der Waals surface area contributed by atoms with Crippen molar-refractivity contribution in [1.29, 1.82) is 0 Å². The van der Waals surface area contributed by atoms with Crippen LogP contribution in [0.1, 0.15) is 39.0 Å². The van der Waals surface area contributed by atoms with Gasteiger partial charge in [-0.3, -0.25) is 4.79 Å². The van der Waals surface area contributed by atoms with Crippen molar-refractivity contribution in [3.63, 3.8) is 0 Å². The highest BCUT2D eigenvalue weighted by atomic mass is 16.6. The number of ether oxygens (including phenoxy) is 1. The summed E-state index contributed by atoms with van der Waals surface area (Å²) in [6.45, 7) is 2.07. The van der Waals surface area contributed by atoms with Crippen LogP contribution in [0.3, 0.4) is 0 Å². The summed E-state index contributed by atoms with van der Waals surface area (Å²) in [7, 11) is 0. The predicted molar refractivity (Wildman–Crippen MR) is 106 cm³/mol. The second-order valence-corrected chi connectivity index (χ2v) is 6.00. The van der Waals surface area contributed by atoms with E-state index in [-0.39, 0.29) is 18.6 Å². The zero-order chi connectivity index (χ0) is 19.0. The number of aliphatic hydroxyl groups excluding tert-OH is 1. The van der Waals surface area contributed by atoms with Crippen LogP contribution in [0.2, 0.25) is 0 Å². The van der Waals surface area contributed by atoms with Gasteiger partial charge in [-0.05, 0) is 25.7 Å². The van der Waals surface area contributed by atoms with Gasteiger partial charge >= 0.3 is 5.97 Å². The van der Waals surface area contributed by atoms with Crippen LogP contribution in [0, 0.1) is 0 Å². The van der Waals surface area contributed by atoms with Crippen LogP contribution < -0.4 is 0 Å². The number of epoxide rings is 1. The van der Waals surface area contributed by atoms with Crippen molar-refractivity contribution in [2.45, 2.75) is 57.3 Å². The van der Waals surface area contributed by atoms with E-state index in [1.54, 1.807) is 6.08 Å². The lowest BCUT2D eigenvalue weighted by Gasteiger charge is -1.98. The van der Waals surface area contributed by atoms with E-state index >= 15 is 0 Å². The van der Waals surface area contributed by atoms with Crippen molar-refractivity contribution >= 4 is 5.97 Å². The van der Waals surface area contributed by atoms with Gasteiger partial charge in [0.1, 0.15) is 6.10 Å². The lowest BCUT2D eigenvalue weighted by Crippen LogP contribution is -1.98. The van der Waals surface area contributed by atoms with Crippen molar-refractivity contribution in [2.24, 2.45) is 0 Å². The third kappa shape index (κ3) is 12.2. The number of carboxylic acid groups (broad SMARTS) is 1. The highest BCUT2D eigenvalue weighted by molar-refractivity contribution is 5.66. The standard InChI is InChI=1S/C22H30O4/c1-2-3-11-14-19(23)15-12-9-7-5-4-6-8-10-13-16-20-21(26-20)17-18-22(24)25/h3-4,6-13,15-16,19-21,23H,2,5,14,17-18H2,1H3,(H,24,25)/b6-4-,9-7-,10-8+,11-3-,15-12+,16-13+/t19-,20?,21?/m1/s1. The number of hydrogen-bond donors (Lipinski definition) is 2. The van der Waals surface area contributed by atoms with E-state index in [0.29, 0.717) is 12.8 Å². The zero-order valence-electron chi connectivity index (χ0n) is 15.4. The Morgan fingerprint density at radius 2 is 1.77 bits per heavy atom. The largest absolute Gasteiger partial charge is 0.481 e. The SMILES string of the molecule is CC/C=C\C[C@@H](O)/C=C/C=C\C\C=C/C=C/C=C/C1OC1CCC(=O)O. The summed E-state index contributed by atoms with van der Waals surface area (Å²) in [5.74, 6) is -0.780. The molecule has 0 saturated carbocycles. The van der Waals surface area contributed by atoms with Gasteiger partial charge in [0, 0.05) is 6.42 Å². The first kappa shape index (κ1) is 21.9. The Bertz CT molecular complexity index is 567. The Morgan fingerprint density at radius 1 is 1.04 bits per heavy atom. The number of aliphatic hydroxyl groups is 1. The lowest BCUT2D eigenvalue weighted by molar-refractivity contribution is -0.137. The number of aliphatic carboxylic acids is 1. The predicted octanol–water partition coefficient (Wildman–Crippen LogP) is 4.51. The number of rotatable bonds is 13. The summed E-state index contributed by atoms with van der Waals surface area (Å²) in [5.41, 5.74) is 0. The Hall–Kier alpha value is -2.17. The lowest BCUT2D eigenvalue weighted by atomic mass is 10.2. The van der Waals surface area contributed by atoms with Crippen molar-refractivity contribution in [1.82, 2.24) is 0 Å². The highest BCUT2D eigenvalue weighted by Crippen LogP contribution is 2.27. The van der Waals surface area contributed by atoms with Gasteiger partial charge in [-0.2, -0.15) is 0 Å². The fourth-order valence-electron chi connectivity index (χ4n) is 2.19. The molecule has 4 nitrogen and oxygen atoms in total. The fraction of sp³-hybridized carbons (Fsp3) is 0.409. The molecule has 0 radical (unpaired) electrons. The molecule has 0 bridgehead atoms. The smallest absolute Gasteiger partial charge is 0.303 e. The molecule has 142 valence electrons. The van der Waals surface area contributed by atoms with Gasteiger partial charge in [0.25, 0.3) is 0 Å². The first-order chi connectivity index (χ1) is 12.6. The van der Waals surface area contributed by atoms with Crippen LogP contribution in [0.15, 0.2) is 72.9 Å². The molecule has 26 heavy (non-hydrogen) atoms. The van der Waals surface area contributed by atoms with E-state index in [1.165, 1.54) is 0 Å². The zero-order valence-corrected chi connectivity index (χ0v) is 15.4. The molecule has 2 N–H and O–H groups in total. The van der Waals surface area contributed by atoms with Crippen LogP contribution in [-0.2, 0) is 9.53 Å². The molecule has 1 aliphatic heterocycles. The van der Waals surface area contributed by atoms with E-state index in [2.05, 4.69) is 13.0 Å². The maximum Gasteiger partial charge on any atom is 0.303 e. The van der Waals surface area contributed by atoms with Gasteiger partial charge in [-0.1, -0.05) is 79.8 Å². The number of hydrogen-bond acceptors (Lipinski definition) is 3. The number of allylic oxidation sites excluding steroid dienone is 9. The van der Waals surface area contributed by atoms with Gasteiger partial charge < -0.3 is 14.9 Å². The summed E-state index contributed by atoms with van der Waals surface area (Å²) in [5, 5.41) is 18.3. The molecule has 0 aromatic rings. The molecule has 4 heteroatoms. The number of carbonyl (C=O) groups is 1. The third-order valence-corrected chi connectivity index (χ3v) is 3.67. The van der Waals surface area contributed by atoms with Crippen molar-refractivity contribution in [2.75, 3.05) is 0 Å². The van der Waals surface area contributed by atoms with Gasteiger partial charge in [0.2, 0.25) is 0 Å². The van der Waals surface area contributed by atoms with Gasteiger partial charge in [-0.25, -0.2) is 0 Å². The van der Waals surface area contributed by atoms with Crippen LogP contribution in [0.25, 0.3) is 0 Å². The minimum atomic E-state index is -0.780. The summed E-state index contributed by atoms with van der Waals surface area (Å²) in [4.78, 5) is 10.4. The van der Waals surface area contributed by atoms with Gasteiger partial charge in [0.05, 0.1) is 12.2 Å². The van der Waals surface area contributed by atoms with Crippen molar-refractivity contribution < 1.29 is 19.7 Å². The molecule has 0 spiro atoms. The summed E-state index contributed by atoms with van der Waals surface area (Å²) < 4.78 is 5.35. The van der Waals surface area contributed by atoms with Gasteiger partial charge in [-0.15, -0.1) is 0 Å². The van der Waals surface area contributed by atoms with Gasteiger partial charge in [0.15, 0.2) is 0 Å².